The number of rotatable bonds is 6. The largest absolute Gasteiger partial charge is 0.497 e. The topological polar surface area (TPSA) is 82.2 Å². The van der Waals surface area contributed by atoms with E-state index in [1.165, 1.54) is 4.68 Å². The van der Waals surface area contributed by atoms with Crippen molar-refractivity contribution in [1.29, 1.82) is 0 Å². The summed E-state index contributed by atoms with van der Waals surface area (Å²) in [5.41, 5.74) is 2.19. The Bertz CT molecular complexity index is 928. The van der Waals surface area contributed by atoms with Crippen LogP contribution in [0.2, 0.25) is 0 Å². The Balaban J connectivity index is 1.99. The molecule has 7 nitrogen and oxygen atoms in total. The molecular weight excluding hydrogens is 320 g/mol. The summed E-state index contributed by atoms with van der Waals surface area (Å²) in [6.45, 7) is 4.24. The maximum atomic E-state index is 12.8. The highest BCUT2D eigenvalue weighted by molar-refractivity contribution is 5.80. The number of ether oxygens (including phenoxy) is 1. The number of hydrogen-bond acceptors (Lipinski definition) is 5. The number of aromatic nitrogens is 4. The third kappa shape index (κ3) is 3.28. The number of hydrogen-bond donors (Lipinski definition) is 1. The monoisotopic (exact) mass is 342 g/mol. The van der Waals surface area contributed by atoms with Gasteiger partial charge in [0.2, 0.25) is 0 Å². The van der Waals surface area contributed by atoms with Gasteiger partial charge < -0.3 is 9.84 Å². The molecule has 3 rings (SSSR count). The summed E-state index contributed by atoms with van der Waals surface area (Å²) in [7, 11) is 1.62. The zero-order valence-corrected chi connectivity index (χ0v) is 14.6. The van der Waals surface area contributed by atoms with E-state index >= 15 is 0 Å². The molecule has 0 aliphatic carbocycles. The Morgan fingerprint density at radius 2 is 2.00 bits per heavy atom. The predicted molar refractivity (Wildman–Crippen MR) is 95.0 cm³/mol. The van der Waals surface area contributed by atoms with Crippen molar-refractivity contribution in [3.05, 3.63) is 52.1 Å². The van der Waals surface area contributed by atoms with Gasteiger partial charge in [-0.15, -0.1) is 0 Å². The van der Waals surface area contributed by atoms with Crippen LogP contribution in [-0.2, 0) is 6.54 Å². The molecule has 0 saturated heterocycles. The number of nitrogens with zero attached hydrogens (tertiary/aromatic N) is 4. The molecule has 0 amide bonds. The highest BCUT2D eigenvalue weighted by atomic mass is 16.5. The number of aryl methyl sites for hydroxylation is 1. The van der Waals surface area contributed by atoms with Gasteiger partial charge in [-0.2, -0.15) is 10.2 Å². The highest BCUT2D eigenvalue weighted by Gasteiger charge is 2.17. The molecule has 3 aromatic rings. The normalized spacial score (nSPS) is 12.5. The first-order valence-electron chi connectivity index (χ1n) is 8.24. The molecule has 7 heteroatoms. The lowest BCUT2D eigenvalue weighted by Crippen LogP contribution is -2.23. The first-order valence-corrected chi connectivity index (χ1v) is 8.24. The molecule has 0 aliphatic rings. The Kier molecular flexibility index (Phi) is 4.85. The van der Waals surface area contributed by atoms with Crippen molar-refractivity contribution in [2.45, 2.75) is 32.9 Å². The lowest BCUT2D eigenvalue weighted by Gasteiger charge is -2.12. The molecule has 0 radical (unpaired) electrons. The second-order valence-corrected chi connectivity index (χ2v) is 6.11. The predicted octanol–water partition coefficient (Wildman–Crippen LogP) is 1.90. The van der Waals surface area contributed by atoms with Crippen LogP contribution in [0.15, 0.2) is 35.3 Å². The van der Waals surface area contributed by atoms with Gasteiger partial charge in [-0.3, -0.25) is 9.48 Å². The van der Waals surface area contributed by atoms with Crippen LogP contribution in [0.1, 0.15) is 30.6 Å². The standard InChI is InChI=1S/C18H22N4O3/c1-12(8-9-23)22-16-10-19-21(18(24)17(16)13(2)20-22)11-14-4-6-15(25-3)7-5-14/h4-7,10,12,23H,8-9,11H2,1-3H3. The van der Waals surface area contributed by atoms with Crippen molar-refractivity contribution in [2.75, 3.05) is 13.7 Å². The van der Waals surface area contributed by atoms with E-state index in [1.54, 1.807) is 18.0 Å². The summed E-state index contributed by atoms with van der Waals surface area (Å²) in [4.78, 5) is 12.8. The van der Waals surface area contributed by atoms with Crippen LogP contribution < -0.4 is 10.3 Å². The molecule has 1 unspecified atom stereocenters. The van der Waals surface area contributed by atoms with Crippen molar-refractivity contribution in [3.63, 3.8) is 0 Å². The van der Waals surface area contributed by atoms with Crippen LogP contribution in [0.4, 0.5) is 0 Å². The van der Waals surface area contributed by atoms with Gasteiger partial charge in [0.05, 0.1) is 42.5 Å². The lowest BCUT2D eigenvalue weighted by atomic mass is 10.2. The summed E-state index contributed by atoms with van der Waals surface area (Å²) in [5.74, 6) is 0.773. The molecule has 0 spiro atoms. The number of methoxy groups -OCH3 is 1. The van der Waals surface area contributed by atoms with E-state index in [9.17, 15) is 4.79 Å². The van der Waals surface area contributed by atoms with E-state index in [2.05, 4.69) is 10.2 Å². The molecular formula is C18H22N4O3. The molecule has 1 N–H and O–H groups in total. The number of fused-ring (bicyclic) bond motifs is 1. The van der Waals surface area contributed by atoms with E-state index in [0.717, 1.165) is 11.3 Å². The van der Waals surface area contributed by atoms with Crippen LogP contribution >= 0.6 is 0 Å². The molecule has 25 heavy (non-hydrogen) atoms. The minimum absolute atomic E-state index is 0.000150. The SMILES string of the molecule is COc1ccc(Cn2ncc3c(c(C)nn3C(C)CCO)c2=O)cc1. The Labute approximate surface area is 145 Å². The minimum atomic E-state index is -0.159. The van der Waals surface area contributed by atoms with Crippen molar-refractivity contribution in [2.24, 2.45) is 0 Å². The van der Waals surface area contributed by atoms with Crippen LogP contribution in [0.5, 0.6) is 5.75 Å². The van der Waals surface area contributed by atoms with E-state index in [4.69, 9.17) is 9.84 Å². The number of benzene rings is 1. The van der Waals surface area contributed by atoms with Gasteiger partial charge >= 0.3 is 0 Å². The number of aliphatic hydroxyl groups is 1. The fraction of sp³-hybridized carbons (Fsp3) is 0.389. The third-order valence-corrected chi connectivity index (χ3v) is 4.35. The van der Waals surface area contributed by atoms with E-state index in [0.29, 0.717) is 29.6 Å². The first kappa shape index (κ1) is 17.2. The molecule has 2 heterocycles. The third-order valence-electron chi connectivity index (χ3n) is 4.35. The van der Waals surface area contributed by atoms with Crippen LogP contribution in [0.25, 0.3) is 10.9 Å². The zero-order valence-electron chi connectivity index (χ0n) is 14.6. The Hall–Kier alpha value is -2.67. The van der Waals surface area contributed by atoms with E-state index in [-0.39, 0.29) is 18.2 Å². The second kappa shape index (κ2) is 7.06. The number of aliphatic hydroxyl groups excluding tert-OH is 1. The quantitative estimate of drug-likeness (QED) is 0.740. The molecule has 0 aliphatic heterocycles. The van der Waals surface area contributed by atoms with E-state index in [1.807, 2.05) is 38.1 Å². The molecule has 2 aromatic heterocycles. The summed E-state index contributed by atoms with van der Waals surface area (Å²) < 4.78 is 8.36. The van der Waals surface area contributed by atoms with Crippen molar-refractivity contribution in [3.8, 4) is 5.75 Å². The minimum Gasteiger partial charge on any atom is -0.497 e. The van der Waals surface area contributed by atoms with Crippen LogP contribution in [0.3, 0.4) is 0 Å². The fourth-order valence-corrected chi connectivity index (χ4v) is 2.92. The Morgan fingerprint density at radius 3 is 2.64 bits per heavy atom. The van der Waals surface area contributed by atoms with Crippen molar-refractivity contribution < 1.29 is 9.84 Å². The van der Waals surface area contributed by atoms with Gasteiger partial charge in [-0.25, -0.2) is 4.68 Å². The highest BCUT2D eigenvalue weighted by Crippen LogP contribution is 2.20. The van der Waals surface area contributed by atoms with Gasteiger partial charge in [0.15, 0.2) is 0 Å². The maximum Gasteiger partial charge on any atom is 0.278 e. The van der Waals surface area contributed by atoms with Gasteiger partial charge in [-0.05, 0) is 38.0 Å². The first-order chi connectivity index (χ1) is 12.0. The fourth-order valence-electron chi connectivity index (χ4n) is 2.92. The Morgan fingerprint density at radius 1 is 1.28 bits per heavy atom. The van der Waals surface area contributed by atoms with Gasteiger partial charge in [0.1, 0.15) is 5.75 Å². The summed E-state index contributed by atoms with van der Waals surface area (Å²) in [6.07, 6.45) is 2.25. The average Bonchev–Trinajstić information content (AvgIpc) is 2.96. The van der Waals surface area contributed by atoms with Crippen molar-refractivity contribution >= 4 is 10.9 Å². The average molecular weight is 342 g/mol. The van der Waals surface area contributed by atoms with Crippen molar-refractivity contribution in [1.82, 2.24) is 19.6 Å². The van der Waals surface area contributed by atoms with E-state index < -0.39 is 0 Å². The van der Waals surface area contributed by atoms with Crippen LogP contribution in [0, 0.1) is 6.92 Å². The van der Waals surface area contributed by atoms with Gasteiger partial charge in [-0.1, -0.05) is 12.1 Å². The molecule has 0 fully saturated rings. The molecule has 1 aromatic carbocycles. The maximum absolute atomic E-state index is 12.8. The zero-order chi connectivity index (χ0) is 18.0. The lowest BCUT2D eigenvalue weighted by molar-refractivity contribution is 0.259. The summed E-state index contributed by atoms with van der Waals surface area (Å²) >= 11 is 0. The summed E-state index contributed by atoms with van der Waals surface area (Å²) in [6, 6.07) is 7.55. The smallest absolute Gasteiger partial charge is 0.278 e. The van der Waals surface area contributed by atoms with Gasteiger partial charge in [0.25, 0.3) is 5.56 Å². The summed E-state index contributed by atoms with van der Waals surface area (Å²) in [5, 5.41) is 18.5. The molecule has 0 bridgehead atoms. The second-order valence-electron chi connectivity index (χ2n) is 6.11. The molecule has 1 atom stereocenters. The van der Waals surface area contributed by atoms with Crippen LogP contribution in [-0.4, -0.2) is 38.4 Å². The van der Waals surface area contributed by atoms with Gasteiger partial charge in [0, 0.05) is 6.61 Å². The molecule has 132 valence electrons. The molecule has 0 saturated carbocycles.